The number of alkyl halides is 3. The molecule has 0 atom stereocenters. The summed E-state index contributed by atoms with van der Waals surface area (Å²) in [5.74, 6) is 0.245. The Morgan fingerprint density at radius 2 is 2.00 bits per heavy atom. The van der Waals surface area contributed by atoms with Crippen LogP contribution in [0.2, 0.25) is 0 Å². The van der Waals surface area contributed by atoms with Crippen LogP contribution in [0, 0.1) is 11.3 Å². The quantitative estimate of drug-likeness (QED) is 0.505. The first-order chi connectivity index (χ1) is 13.4. The molecular formula is C20H13F3N2O3. The number of hydrogen-bond donors (Lipinski definition) is 1. The van der Waals surface area contributed by atoms with E-state index in [0.29, 0.717) is 5.76 Å². The Balaban J connectivity index is 1.77. The Kier molecular flexibility index (Phi) is 5.36. The molecule has 0 fully saturated rings. The van der Waals surface area contributed by atoms with E-state index in [2.05, 4.69) is 5.32 Å². The van der Waals surface area contributed by atoms with Crippen LogP contribution >= 0.6 is 0 Å². The van der Waals surface area contributed by atoms with Gasteiger partial charge in [0, 0.05) is 11.6 Å². The zero-order chi connectivity index (χ0) is 20.1. The standard InChI is InChI=1S/C20H13F3N2O3/c21-20(22,23)15-4-1-3-13(9-15)18-7-6-16(28-18)10-14(11-24)19(26)25-12-17-5-2-8-27-17/h1-10H,12H2,(H,25,26). The van der Waals surface area contributed by atoms with Crippen molar-refractivity contribution < 1.29 is 26.8 Å². The summed E-state index contributed by atoms with van der Waals surface area (Å²) in [6.45, 7) is 0.110. The van der Waals surface area contributed by atoms with E-state index in [-0.39, 0.29) is 29.2 Å². The normalized spacial score (nSPS) is 11.9. The maximum absolute atomic E-state index is 12.8. The third-order valence-corrected chi connectivity index (χ3v) is 3.76. The summed E-state index contributed by atoms with van der Waals surface area (Å²) < 4.78 is 49.1. The first-order valence-electron chi connectivity index (χ1n) is 8.06. The molecule has 2 heterocycles. The van der Waals surface area contributed by atoms with Crippen LogP contribution in [0.1, 0.15) is 17.1 Å². The van der Waals surface area contributed by atoms with Crippen LogP contribution in [0.3, 0.4) is 0 Å². The number of hydrogen-bond acceptors (Lipinski definition) is 4. The molecule has 0 radical (unpaired) electrons. The molecule has 0 saturated heterocycles. The SMILES string of the molecule is N#CC(=Cc1ccc(-c2cccc(C(F)(F)F)c2)o1)C(=O)NCc1ccco1. The van der Waals surface area contributed by atoms with E-state index in [1.807, 2.05) is 0 Å². The van der Waals surface area contributed by atoms with Gasteiger partial charge in [0.05, 0.1) is 18.4 Å². The van der Waals surface area contributed by atoms with Gasteiger partial charge in [-0.3, -0.25) is 4.79 Å². The van der Waals surface area contributed by atoms with Gasteiger partial charge in [0.2, 0.25) is 0 Å². The largest absolute Gasteiger partial charge is 0.467 e. The molecule has 28 heavy (non-hydrogen) atoms. The van der Waals surface area contributed by atoms with Gasteiger partial charge >= 0.3 is 6.18 Å². The molecule has 0 aliphatic rings. The minimum absolute atomic E-state index is 0.110. The Labute approximate surface area is 157 Å². The van der Waals surface area contributed by atoms with Crippen LogP contribution in [0.4, 0.5) is 13.2 Å². The molecule has 1 amide bonds. The highest BCUT2D eigenvalue weighted by molar-refractivity contribution is 6.01. The molecule has 0 bridgehead atoms. The highest BCUT2D eigenvalue weighted by Gasteiger charge is 2.30. The van der Waals surface area contributed by atoms with Crippen molar-refractivity contribution in [2.24, 2.45) is 0 Å². The van der Waals surface area contributed by atoms with Crippen LogP contribution in [-0.2, 0) is 17.5 Å². The minimum Gasteiger partial charge on any atom is -0.467 e. The first-order valence-corrected chi connectivity index (χ1v) is 8.06. The number of nitrogens with zero attached hydrogens (tertiary/aromatic N) is 1. The Morgan fingerprint density at radius 1 is 1.18 bits per heavy atom. The molecule has 0 saturated carbocycles. The van der Waals surface area contributed by atoms with Gasteiger partial charge in [0.25, 0.3) is 5.91 Å². The number of halogens is 3. The van der Waals surface area contributed by atoms with Crippen molar-refractivity contribution in [1.29, 1.82) is 5.26 Å². The molecular weight excluding hydrogens is 373 g/mol. The maximum atomic E-state index is 12.8. The van der Waals surface area contributed by atoms with Gasteiger partial charge in [0.1, 0.15) is 28.9 Å². The molecule has 0 aliphatic heterocycles. The van der Waals surface area contributed by atoms with Crippen molar-refractivity contribution in [1.82, 2.24) is 5.32 Å². The number of rotatable bonds is 5. The second kappa shape index (κ2) is 7.88. The zero-order valence-electron chi connectivity index (χ0n) is 14.3. The third kappa shape index (κ3) is 4.51. The van der Waals surface area contributed by atoms with Gasteiger partial charge in [0.15, 0.2) is 0 Å². The fraction of sp³-hybridized carbons (Fsp3) is 0.100. The lowest BCUT2D eigenvalue weighted by Gasteiger charge is -2.07. The number of nitrogens with one attached hydrogen (secondary N) is 1. The van der Waals surface area contributed by atoms with E-state index in [0.717, 1.165) is 12.1 Å². The van der Waals surface area contributed by atoms with Crippen LogP contribution in [-0.4, -0.2) is 5.91 Å². The number of carbonyl (C=O) groups is 1. The lowest BCUT2D eigenvalue weighted by atomic mass is 10.1. The maximum Gasteiger partial charge on any atom is 0.416 e. The Hall–Kier alpha value is -3.73. The van der Waals surface area contributed by atoms with Gasteiger partial charge in [-0.25, -0.2) is 0 Å². The van der Waals surface area contributed by atoms with Crippen LogP contribution in [0.15, 0.2) is 69.2 Å². The molecule has 3 aromatic rings. The molecule has 1 aromatic carbocycles. The molecule has 5 nitrogen and oxygen atoms in total. The smallest absolute Gasteiger partial charge is 0.416 e. The molecule has 8 heteroatoms. The molecule has 142 valence electrons. The molecule has 3 rings (SSSR count). The summed E-state index contributed by atoms with van der Waals surface area (Å²) in [5, 5.41) is 11.7. The first kappa shape index (κ1) is 19.0. The zero-order valence-corrected chi connectivity index (χ0v) is 14.3. The van der Waals surface area contributed by atoms with E-state index in [1.54, 1.807) is 18.2 Å². The van der Waals surface area contributed by atoms with Gasteiger partial charge in [-0.2, -0.15) is 18.4 Å². The highest BCUT2D eigenvalue weighted by atomic mass is 19.4. The van der Waals surface area contributed by atoms with Crippen molar-refractivity contribution in [2.75, 3.05) is 0 Å². The highest BCUT2D eigenvalue weighted by Crippen LogP contribution is 2.32. The number of carbonyl (C=O) groups excluding carboxylic acids is 1. The van der Waals surface area contributed by atoms with Gasteiger partial charge < -0.3 is 14.2 Å². The van der Waals surface area contributed by atoms with Gasteiger partial charge in [-0.15, -0.1) is 0 Å². The molecule has 1 N–H and O–H groups in total. The lowest BCUT2D eigenvalue weighted by Crippen LogP contribution is -2.23. The van der Waals surface area contributed by atoms with E-state index < -0.39 is 17.6 Å². The van der Waals surface area contributed by atoms with Crippen LogP contribution in [0.5, 0.6) is 0 Å². The molecule has 0 unspecified atom stereocenters. The summed E-state index contributed by atoms with van der Waals surface area (Å²) in [6, 6.07) is 12.7. The fourth-order valence-corrected chi connectivity index (χ4v) is 2.40. The second-order valence-corrected chi connectivity index (χ2v) is 5.71. The lowest BCUT2D eigenvalue weighted by molar-refractivity contribution is -0.137. The number of nitriles is 1. The van der Waals surface area contributed by atoms with Crippen molar-refractivity contribution in [3.8, 4) is 17.4 Å². The topological polar surface area (TPSA) is 79.2 Å². The van der Waals surface area contributed by atoms with Crippen molar-refractivity contribution in [2.45, 2.75) is 12.7 Å². The molecule has 0 spiro atoms. The van der Waals surface area contributed by atoms with E-state index in [4.69, 9.17) is 8.83 Å². The monoisotopic (exact) mass is 386 g/mol. The summed E-state index contributed by atoms with van der Waals surface area (Å²) in [4.78, 5) is 12.1. The fourth-order valence-electron chi connectivity index (χ4n) is 2.40. The van der Waals surface area contributed by atoms with Crippen molar-refractivity contribution in [3.05, 3.63) is 77.5 Å². The average Bonchev–Trinajstić information content (AvgIpc) is 3.35. The predicted molar refractivity (Wildman–Crippen MR) is 93.3 cm³/mol. The summed E-state index contributed by atoms with van der Waals surface area (Å²) in [6.07, 6.45) is -1.79. The summed E-state index contributed by atoms with van der Waals surface area (Å²) in [5.41, 5.74) is -0.778. The Morgan fingerprint density at radius 3 is 2.68 bits per heavy atom. The number of amides is 1. The van der Waals surface area contributed by atoms with Gasteiger partial charge in [-0.1, -0.05) is 12.1 Å². The average molecular weight is 386 g/mol. The third-order valence-electron chi connectivity index (χ3n) is 3.76. The van der Waals surface area contributed by atoms with Crippen LogP contribution in [0.25, 0.3) is 17.4 Å². The Bertz CT molecular complexity index is 1040. The summed E-state index contributed by atoms with van der Waals surface area (Å²) >= 11 is 0. The van der Waals surface area contributed by atoms with E-state index in [9.17, 15) is 23.2 Å². The van der Waals surface area contributed by atoms with Gasteiger partial charge in [-0.05, 0) is 36.4 Å². The van der Waals surface area contributed by atoms with E-state index in [1.165, 1.54) is 36.6 Å². The molecule has 2 aromatic heterocycles. The van der Waals surface area contributed by atoms with Crippen molar-refractivity contribution >= 4 is 12.0 Å². The molecule has 0 aliphatic carbocycles. The number of benzene rings is 1. The summed E-state index contributed by atoms with van der Waals surface area (Å²) in [7, 11) is 0. The number of furan rings is 2. The van der Waals surface area contributed by atoms with Crippen molar-refractivity contribution in [3.63, 3.8) is 0 Å². The minimum atomic E-state index is -4.47. The van der Waals surface area contributed by atoms with Crippen LogP contribution < -0.4 is 5.32 Å². The predicted octanol–water partition coefficient (Wildman–Crippen LogP) is 4.78. The van der Waals surface area contributed by atoms with E-state index >= 15 is 0 Å². The second-order valence-electron chi connectivity index (χ2n) is 5.71.